The van der Waals surface area contributed by atoms with Gasteiger partial charge in [-0.2, -0.15) is 0 Å². The van der Waals surface area contributed by atoms with Gasteiger partial charge in [-0.15, -0.1) is 0 Å². The number of fused-ring (bicyclic) bond motifs is 1. The van der Waals surface area contributed by atoms with Gasteiger partial charge in [0.2, 0.25) is 11.8 Å². The fourth-order valence-electron chi connectivity index (χ4n) is 6.36. The Hall–Kier alpha value is -2.34. The topological polar surface area (TPSA) is 57.6 Å². The van der Waals surface area contributed by atoms with E-state index in [-0.39, 0.29) is 29.8 Å². The summed E-state index contributed by atoms with van der Waals surface area (Å²) >= 11 is 0. The van der Waals surface area contributed by atoms with Crippen molar-refractivity contribution in [2.75, 3.05) is 26.2 Å². The van der Waals surface area contributed by atoms with Crippen LogP contribution in [-0.4, -0.2) is 64.4 Å². The lowest BCUT2D eigenvalue weighted by molar-refractivity contribution is -0.146. The highest BCUT2D eigenvalue weighted by Crippen LogP contribution is 2.29. The summed E-state index contributed by atoms with van der Waals surface area (Å²) in [6.07, 6.45) is 7.88. The molecule has 33 heavy (non-hydrogen) atoms. The number of hydrogen-bond acceptors (Lipinski definition) is 3. The zero-order valence-electron chi connectivity index (χ0n) is 20.0. The second-order valence-corrected chi connectivity index (χ2v) is 10.0. The number of rotatable bonds is 6. The summed E-state index contributed by atoms with van der Waals surface area (Å²) in [5, 5.41) is 4.65. The number of nitrogens with one attached hydrogen (secondary N) is 1. The molecule has 3 saturated heterocycles. The van der Waals surface area contributed by atoms with Crippen molar-refractivity contribution in [1.82, 2.24) is 19.7 Å². The molecule has 2 amide bonds. The molecule has 4 heterocycles. The van der Waals surface area contributed by atoms with Gasteiger partial charge in [0.05, 0.1) is 5.92 Å². The number of para-hydroxylation sites is 1. The molecule has 3 atom stereocenters. The van der Waals surface area contributed by atoms with Crippen LogP contribution in [0.5, 0.6) is 0 Å². The average molecular weight is 451 g/mol. The second kappa shape index (κ2) is 9.88. The average Bonchev–Trinajstić information content (AvgIpc) is 3.60. The van der Waals surface area contributed by atoms with Crippen LogP contribution in [0.2, 0.25) is 0 Å². The van der Waals surface area contributed by atoms with Gasteiger partial charge in [0.15, 0.2) is 0 Å². The molecule has 0 radical (unpaired) electrons. The molecule has 0 aliphatic carbocycles. The molecule has 5 rings (SSSR count). The first-order valence-corrected chi connectivity index (χ1v) is 13.1. The Morgan fingerprint density at radius 2 is 1.82 bits per heavy atom. The summed E-state index contributed by atoms with van der Waals surface area (Å²) in [6, 6.07) is 10.9. The quantitative estimate of drug-likeness (QED) is 0.732. The molecule has 6 nitrogen and oxygen atoms in total. The summed E-state index contributed by atoms with van der Waals surface area (Å²) in [7, 11) is 0. The first kappa shape index (κ1) is 22.5. The van der Waals surface area contributed by atoms with Crippen LogP contribution in [0.4, 0.5) is 0 Å². The van der Waals surface area contributed by atoms with Gasteiger partial charge in [0.1, 0.15) is 6.04 Å². The smallest absolute Gasteiger partial charge is 0.245 e. The molecule has 1 N–H and O–H groups in total. The monoisotopic (exact) mass is 450 g/mol. The number of carbonyl (C=O) groups excluding carboxylic acids is 2. The van der Waals surface area contributed by atoms with E-state index >= 15 is 0 Å². The Balaban J connectivity index is 1.25. The maximum absolute atomic E-state index is 13.6. The molecule has 0 saturated carbocycles. The van der Waals surface area contributed by atoms with Gasteiger partial charge < -0.3 is 19.7 Å². The number of hydrogen-bond donors (Lipinski definition) is 1. The standard InChI is InChI=1S/C27H38N4O2/c1-2-29-23(18-20-8-3-4-11-24(20)29)14-13-22-10-6-16-30(22)27(33)25-12-7-17-31(25)26(32)21-9-5-15-28-19-21/h3-4,8,11,18,21-22,25,28H,2,5-7,9-10,12-17,19H2,1H3/t21?,22-,25+/m0/s1. The molecule has 1 unspecified atom stereocenters. The summed E-state index contributed by atoms with van der Waals surface area (Å²) in [5.74, 6) is 0.432. The number of amides is 2. The minimum atomic E-state index is -0.248. The molecular formula is C27H38N4O2. The molecular weight excluding hydrogens is 412 g/mol. The van der Waals surface area contributed by atoms with Gasteiger partial charge in [-0.1, -0.05) is 18.2 Å². The van der Waals surface area contributed by atoms with Crippen LogP contribution in [0.15, 0.2) is 30.3 Å². The zero-order chi connectivity index (χ0) is 22.8. The highest BCUT2D eigenvalue weighted by Gasteiger charge is 2.41. The van der Waals surface area contributed by atoms with E-state index in [1.807, 2.05) is 4.90 Å². The van der Waals surface area contributed by atoms with E-state index < -0.39 is 0 Å². The summed E-state index contributed by atoms with van der Waals surface area (Å²) in [4.78, 5) is 30.9. The number of piperidine rings is 1. The van der Waals surface area contributed by atoms with E-state index in [4.69, 9.17) is 0 Å². The first-order valence-electron chi connectivity index (χ1n) is 13.1. The lowest BCUT2D eigenvalue weighted by atomic mass is 9.97. The number of aromatic nitrogens is 1. The number of benzene rings is 1. The summed E-state index contributed by atoms with van der Waals surface area (Å²) in [5.41, 5.74) is 2.66. The predicted molar refractivity (Wildman–Crippen MR) is 131 cm³/mol. The number of carbonyl (C=O) groups is 2. The Bertz CT molecular complexity index is 993. The number of aryl methyl sites for hydroxylation is 2. The minimum absolute atomic E-state index is 0.0393. The summed E-state index contributed by atoms with van der Waals surface area (Å²) in [6.45, 7) is 6.50. The van der Waals surface area contributed by atoms with Gasteiger partial charge in [0.25, 0.3) is 0 Å². The normalized spacial score (nSPS) is 25.8. The third-order valence-corrected chi connectivity index (χ3v) is 8.07. The largest absolute Gasteiger partial charge is 0.345 e. The number of likely N-dealkylation sites (tertiary alicyclic amines) is 2. The Morgan fingerprint density at radius 3 is 2.64 bits per heavy atom. The molecule has 178 valence electrons. The zero-order valence-corrected chi connectivity index (χ0v) is 20.0. The molecule has 0 spiro atoms. The van der Waals surface area contributed by atoms with Crippen molar-refractivity contribution in [3.63, 3.8) is 0 Å². The van der Waals surface area contributed by atoms with E-state index in [0.717, 1.165) is 84.1 Å². The number of nitrogens with zero attached hydrogens (tertiary/aromatic N) is 3. The van der Waals surface area contributed by atoms with Gasteiger partial charge >= 0.3 is 0 Å². The lowest BCUT2D eigenvalue weighted by Crippen LogP contribution is -2.52. The highest BCUT2D eigenvalue weighted by molar-refractivity contribution is 5.89. The van der Waals surface area contributed by atoms with Gasteiger partial charge in [-0.05, 0) is 82.4 Å². The van der Waals surface area contributed by atoms with E-state index in [1.54, 1.807) is 0 Å². The molecule has 1 aromatic carbocycles. The van der Waals surface area contributed by atoms with E-state index in [9.17, 15) is 9.59 Å². The molecule has 0 bridgehead atoms. The van der Waals surface area contributed by atoms with Crippen molar-refractivity contribution in [2.24, 2.45) is 5.92 Å². The Labute approximate surface area is 197 Å². The third-order valence-electron chi connectivity index (χ3n) is 8.07. The lowest BCUT2D eigenvalue weighted by Gasteiger charge is -2.34. The van der Waals surface area contributed by atoms with Crippen LogP contribution in [-0.2, 0) is 22.6 Å². The van der Waals surface area contributed by atoms with Gasteiger partial charge in [-0.25, -0.2) is 0 Å². The Morgan fingerprint density at radius 1 is 1.00 bits per heavy atom. The van der Waals surface area contributed by atoms with Crippen LogP contribution in [0, 0.1) is 5.92 Å². The van der Waals surface area contributed by atoms with Crippen molar-refractivity contribution in [3.8, 4) is 0 Å². The van der Waals surface area contributed by atoms with Crippen molar-refractivity contribution in [3.05, 3.63) is 36.0 Å². The van der Waals surface area contributed by atoms with E-state index in [0.29, 0.717) is 0 Å². The van der Waals surface area contributed by atoms with Crippen molar-refractivity contribution < 1.29 is 9.59 Å². The van der Waals surface area contributed by atoms with Crippen LogP contribution in [0.1, 0.15) is 57.6 Å². The fourth-order valence-corrected chi connectivity index (χ4v) is 6.36. The third kappa shape index (κ3) is 4.42. The van der Waals surface area contributed by atoms with Gasteiger partial charge in [-0.3, -0.25) is 9.59 Å². The predicted octanol–water partition coefficient (Wildman–Crippen LogP) is 3.58. The van der Waals surface area contributed by atoms with Crippen LogP contribution < -0.4 is 5.32 Å². The second-order valence-electron chi connectivity index (χ2n) is 10.0. The van der Waals surface area contributed by atoms with Crippen molar-refractivity contribution in [2.45, 2.75) is 76.9 Å². The van der Waals surface area contributed by atoms with Crippen molar-refractivity contribution >= 4 is 22.7 Å². The molecule has 3 fully saturated rings. The minimum Gasteiger partial charge on any atom is -0.345 e. The first-order chi connectivity index (χ1) is 16.2. The highest BCUT2D eigenvalue weighted by atomic mass is 16.2. The summed E-state index contributed by atoms with van der Waals surface area (Å²) < 4.78 is 2.41. The van der Waals surface area contributed by atoms with Crippen LogP contribution >= 0.6 is 0 Å². The van der Waals surface area contributed by atoms with E-state index in [2.05, 4.69) is 52.0 Å². The fraction of sp³-hybridized carbons (Fsp3) is 0.630. The molecule has 3 aliphatic heterocycles. The van der Waals surface area contributed by atoms with E-state index in [1.165, 1.54) is 16.6 Å². The maximum Gasteiger partial charge on any atom is 0.245 e. The maximum atomic E-state index is 13.6. The SMILES string of the molecule is CCn1c(CC[C@@H]2CCCN2C(=O)[C@H]2CCCN2C(=O)C2CCCNC2)cc2ccccc21. The Kier molecular flexibility index (Phi) is 6.72. The molecule has 2 aromatic rings. The van der Waals surface area contributed by atoms with Crippen LogP contribution in [0.3, 0.4) is 0 Å². The molecule has 6 heteroatoms. The molecule has 3 aliphatic rings. The molecule has 1 aromatic heterocycles. The van der Waals surface area contributed by atoms with Crippen molar-refractivity contribution in [1.29, 1.82) is 0 Å². The van der Waals surface area contributed by atoms with Crippen LogP contribution in [0.25, 0.3) is 10.9 Å². The van der Waals surface area contributed by atoms with Gasteiger partial charge in [0, 0.05) is 43.4 Å².